The Labute approximate surface area is 165 Å². The molecule has 0 aromatic heterocycles. The van der Waals surface area contributed by atoms with Gasteiger partial charge in [-0.05, 0) is 31.5 Å². The number of hydrogen-bond donors (Lipinski definition) is 0. The van der Waals surface area contributed by atoms with Gasteiger partial charge in [0.25, 0.3) is 0 Å². The highest BCUT2D eigenvalue weighted by atomic mass is 16.5. The van der Waals surface area contributed by atoms with Crippen LogP contribution in [0.1, 0.15) is 25.3 Å². The van der Waals surface area contributed by atoms with Gasteiger partial charge in [-0.15, -0.1) is 0 Å². The summed E-state index contributed by atoms with van der Waals surface area (Å²) < 4.78 is 20.7. The van der Waals surface area contributed by atoms with Crippen molar-refractivity contribution in [2.75, 3.05) is 34.5 Å². The summed E-state index contributed by atoms with van der Waals surface area (Å²) in [6.45, 7) is 4.80. The van der Waals surface area contributed by atoms with E-state index in [0.29, 0.717) is 30.0 Å². The van der Waals surface area contributed by atoms with Gasteiger partial charge in [0.05, 0.1) is 44.0 Å². The molecular formula is C21H27NO6. The van der Waals surface area contributed by atoms with Crippen LogP contribution in [0.2, 0.25) is 0 Å². The second kappa shape index (κ2) is 9.94. The van der Waals surface area contributed by atoms with Gasteiger partial charge in [0.2, 0.25) is 0 Å². The van der Waals surface area contributed by atoms with E-state index in [1.165, 1.54) is 14.2 Å². The first kappa shape index (κ1) is 21.5. The lowest BCUT2D eigenvalue weighted by Crippen LogP contribution is -2.30. The molecule has 28 heavy (non-hydrogen) atoms. The number of rotatable bonds is 8. The van der Waals surface area contributed by atoms with E-state index in [-0.39, 0.29) is 6.10 Å². The molecule has 0 amide bonds. The maximum absolute atomic E-state index is 12.5. The van der Waals surface area contributed by atoms with Gasteiger partial charge in [0, 0.05) is 26.1 Å². The molecule has 7 heteroatoms. The first-order valence-electron chi connectivity index (χ1n) is 9.02. The molecule has 0 saturated carbocycles. The molecule has 0 radical (unpaired) electrons. The van der Waals surface area contributed by atoms with Gasteiger partial charge < -0.3 is 23.8 Å². The molecule has 1 heterocycles. The highest BCUT2D eigenvalue weighted by molar-refractivity contribution is 5.98. The van der Waals surface area contributed by atoms with Crippen LogP contribution < -0.4 is 4.74 Å². The molecule has 0 unspecified atom stereocenters. The fraction of sp³-hybridized carbons (Fsp3) is 0.429. The molecule has 0 bridgehead atoms. The van der Waals surface area contributed by atoms with E-state index in [4.69, 9.17) is 18.9 Å². The van der Waals surface area contributed by atoms with Crippen LogP contribution >= 0.6 is 0 Å². The first-order chi connectivity index (χ1) is 13.4. The Morgan fingerprint density at radius 3 is 1.93 bits per heavy atom. The van der Waals surface area contributed by atoms with Crippen molar-refractivity contribution < 1.29 is 28.5 Å². The number of benzene rings is 1. The van der Waals surface area contributed by atoms with E-state index >= 15 is 0 Å². The lowest BCUT2D eigenvalue weighted by atomic mass is 9.83. The van der Waals surface area contributed by atoms with E-state index in [9.17, 15) is 9.59 Å². The maximum Gasteiger partial charge on any atom is 0.336 e. The normalized spacial score (nSPS) is 14.4. The lowest BCUT2D eigenvalue weighted by Gasteiger charge is -2.30. The predicted octanol–water partition coefficient (Wildman–Crippen LogP) is 2.63. The van der Waals surface area contributed by atoms with Crippen molar-refractivity contribution in [1.82, 2.24) is 4.90 Å². The SMILES string of the molecule is COCCN1C=C(C(=O)OC)C(c2ccc(OC(C)C)cc2)C(C(=O)OC)=C1. The molecule has 2 rings (SSSR count). The number of esters is 2. The second-order valence-electron chi connectivity index (χ2n) is 6.55. The number of ether oxygens (including phenoxy) is 4. The molecule has 0 aliphatic carbocycles. The van der Waals surface area contributed by atoms with Crippen molar-refractivity contribution in [3.05, 3.63) is 53.4 Å². The van der Waals surface area contributed by atoms with Gasteiger partial charge in [-0.1, -0.05) is 12.1 Å². The summed E-state index contributed by atoms with van der Waals surface area (Å²) in [7, 11) is 4.22. The standard InChI is InChI=1S/C21H27NO6/c1-14(2)28-16-8-6-15(7-9-16)19-17(20(23)26-4)12-22(10-11-25-3)13-18(19)21(24)27-5/h6-9,12-14,19H,10-11H2,1-5H3. The van der Waals surface area contributed by atoms with Gasteiger partial charge >= 0.3 is 11.9 Å². The average Bonchev–Trinajstić information content (AvgIpc) is 2.70. The maximum atomic E-state index is 12.5. The molecule has 0 atom stereocenters. The second-order valence-corrected chi connectivity index (χ2v) is 6.55. The minimum Gasteiger partial charge on any atom is -0.491 e. The minimum absolute atomic E-state index is 0.0472. The van der Waals surface area contributed by atoms with E-state index < -0.39 is 17.9 Å². The number of methoxy groups -OCH3 is 3. The molecule has 0 N–H and O–H groups in total. The zero-order valence-electron chi connectivity index (χ0n) is 16.9. The van der Waals surface area contributed by atoms with Gasteiger partial charge in [-0.2, -0.15) is 0 Å². The summed E-state index contributed by atoms with van der Waals surface area (Å²) in [5.74, 6) is -0.913. The van der Waals surface area contributed by atoms with Crippen LogP contribution in [0.4, 0.5) is 0 Å². The fourth-order valence-corrected chi connectivity index (χ4v) is 2.98. The molecular weight excluding hydrogens is 362 g/mol. The monoisotopic (exact) mass is 389 g/mol. The summed E-state index contributed by atoms with van der Waals surface area (Å²) in [4.78, 5) is 26.7. The Morgan fingerprint density at radius 2 is 1.50 bits per heavy atom. The highest BCUT2D eigenvalue weighted by Crippen LogP contribution is 2.37. The molecule has 1 aromatic rings. The van der Waals surface area contributed by atoms with Crippen LogP contribution in [0, 0.1) is 0 Å². The van der Waals surface area contributed by atoms with Crippen LogP contribution in [0.25, 0.3) is 0 Å². The Kier molecular flexibility index (Phi) is 7.63. The van der Waals surface area contributed by atoms with E-state index in [0.717, 1.165) is 5.56 Å². The summed E-state index contributed by atoms with van der Waals surface area (Å²) in [6.07, 6.45) is 3.41. The van der Waals surface area contributed by atoms with Crippen molar-refractivity contribution in [3.8, 4) is 5.75 Å². The van der Waals surface area contributed by atoms with Crippen molar-refractivity contribution in [2.45, 2.75) is 25.9 Å². The van der Waals surface area contributed by atoms with Crippen molar-refractivity contribution in [3.63, 3.8) is 0 Å². The third-order valence-corrected chi connectivity index (χ3v) is 4.21. The van der Waals surface area contributed by atoms with Crippen molar-refractivity contribution in [2.24, 2.45) is 0 Å². The van der Waals surface area contributed by atoms with E-state index in [2.05, 4.69) is 0 Å². The molecule has 0 spiro atoms. The molecule has 0 saturated heterocycles. The minimum atomic E-state index is -0.605. The zero-order chi connectivity index (χ0) is 20.7. The highest BCUT2D eigenvalue weighted by Gasteiger charge is 2.35. The first-order valence-corrected chi connectivity index (χ1v) is 9.02. The van der Waals surface area contributed by atoms with Crippen LogP contribution in [-0.4, -0.2) is 57.4 Å². The van der Waals surface area contributed by atoms with Crippen molar-refractivity contribution in [1.29, 1.82) is 0 Å². The molecule has 1 aromatic carbocycles. The molecule has 7 nitrogen and oxygen atoms in total. The Hall–Kier alpha value is -2.80. The number of hydrogen-bond acceptors (Lipinski definition) is 7. The van der Waals surface area contributed by atoms with E-state index in [1.54, 1.807) is 24.4 Å². The Bertz CT molecular complexity index is 717. The summed E-state index contributed by atoms with van der Waals surface area (Å²) in [5.41, 5.74) is 1.45. The zero-order valence-corrected chi connectivity index (χ0v) is 16.9. The number of carbonyl (C=O) groups is 2. The number of nitrogens with zero attached hydrogens (tertiary/aromatic N) is 1. The lowest BCUT2D eigenvalue weighted by molar-refractivity contribution is -0.137. The Balaban J connectivity index is 2.47. The van der Waals surface area contributed by atoms with E-state index in [1.807, 2.05) is 38.1 Å². The van der Waals surface area contributed by atoms with Gasteiger partial charge in [-0.3, -0.25) is 0 Å². The third-order valence-electron chi connectivity index (χ3n) is 4.21. The molecule has 1 aliphatic heterocycles. The van der Waals surface area contributed by atoms with Gasteiger partial charge in [0.1, 0.15) is 5.75 Å². The number of carbonyl (C=O) groups excluding carboxylic acids is 2. The Morgan fingerprint density at radius 1 is 0.964 bits per heavy atom. The van der Waals surface area contributed by atoms with Crippen LogP contribution in [-0.2, 0) is 23.8 Å². The van der Waals surface area contributed by atoms with Crippen LogP contribution in [0.3, 0.4) is 0 Å². The summed E-state index contributed by atoms with van der Waals surface area (Å²) in [5, 5.41) is 0. The fourth-order valence-electron chi connectivity index (χ4n) is 2.98. The van der Waals surface area contributed by atoms with Crippen LogP contribution in [0.5, 0.6) is 5.75 Å². The summed E-state index contributed by atoms with van der Waals surface area (Å²) in [6, 6.07) is 7.30. The van der Waals surface area contributed by atoms with Crippen molar-refractivity contribution >= 4 is 11.9 Å². The average molecular weight is 389 g/mol. The molecule has 1 aliphatic rings. The largest absolute Gasteiger partial charge is 0.491 e. The topological polar surface area (TPSA) is 74.3 Å². The van der Waals surface area contributed by atoms with Gasteiger partial charge in [-0.25, -0.2) is 9.59 Å². The quantitative estimate of drug-likeness (QED) is 0.633. The molecule has 0 fully saturated rings. The third kappa shape index (κ3) is 5.13. The predicted molar refractivity (Wildman–Crippen MR) is 104 cm³/mol. The molecule has 152 valence electrons. The summed E-state index contributed by atoms with van der Waals surface area (Å²) >= 11 is 0. The smallest absolute Gasteiger partial charge is 0.336 e. The van der Waals surface area contributed by atoms with Crippen LogP contribution in [0.15, 0.2) is 47.8 Å². The van der Waals surface area contributed by atoms with Gasteiger partial charge in [0.15, 0.2) is 0 Å².